The fraction of sp³-hybridized carbons (Fsp3) is 0.857. The van der Waals surface area contributed by atoms with Crippen LogP contribution in [0.2, 0.25) is 0 Å². The summed E-state index contributed by atoms with van der Waals surface area (Å²) < 4.78 is 5.55. The lowest BCUT2D eigenvalue weighted by Gasteiger charge is -2.32. The van der Waals surface area contributed by atoms with E-state index in [0.29, 0.717) is 19.7 Å². The highest BCUT2D eigenvalue weighted by Gasteiger charge is 2.26. The number of rotatable bonds is 6. The van der Waals surface area contributed by atoms with E-state index < -0.39 is 11.9 Å². The van der Waals surface area contributed by atoms with Crippen LogP contribution >= 0.6 is 0 Å². The summed E-state index contributed by atoms with van der Waals surface area (Å²) in [5.74, 6) is -1.43. The largest absolute Gasteiger partial charge is 0.481 e. The molecular formula is C14H26N2O4. The van der Waals surface area contributed by atoms with Crippen molar-refractivity contribution in [1.82, 2.24) is 10.2 Å². The molecule has 0 bridgehead atoms. The zero-order valence-corrected chi connectivity index (χ0v) is 12.6. The van der Waals surface area contributed by atoms with Crippen molar-refractivity contribution in [2.24, 2.45) is 11.8 Å². The number of carbonyl (C=O) groups is 2. The van der Waals surface area contributed by atoms with Crippen LogP contribution in [0.15, 0.2) is 0 Å². The average Bonchev–Trinajstić information content (AvgIpc) is 2.38. The Morgan fingerprint density at radius 1 is 1.45 bits per heavy atom. The highest BCUT2D eigenvalue weighted by molar-refractivity contribution is 5.76. The Balaban J connectivity index is 2.43. The van der Waals surface area contributed by atoms with Gasteiger partial charge in [0.15, 0.2) is 0 Å². The lowest BCUT2D eigenvalue weighted by atomic mass is 9.96. The number of carbonyl (C=O) groups excluding carboxylic acids is 1. The molecule has 2 unspecified atom stereocenters. The molecule has 0 saturated carbocycles. The van der Waals surface area contributed by atoms with Gasteiger partial charge < -0.3 is 20.1 Å². The first-order valence-corrected chi connectivity index (χ1v) is 7.32. The molecule has 2 amide bonds. The molecule has 0 spiro atoms. The first kappa shape index (κ1) is 16.8. The second-order valence-electron chi connectivity index (χ2n) is 5.54. The number of carboxylic acid groups (broad SMARTS) is 1. The van der Waals surface area contributed by atoms with Crippen molar-refractivity contribution in [3.8, 4) is 0 Å². The summed E-state index contributed by atoms with van der Waals surface area (Å²) in [6, 6.07) is -0.193. The molecule has 1 aliphatic heterocycles. The van der Waals surface area contributed by atoms with E-state index in [1.54, 1.807) is 4.90 Å². The number of amides is 2. The standard InChI is InChI=1S/C14H26N2O4/c1-4-20-11-6-5-7-16(9-11)14(19)15-8-12(10(2)3)13(17)18/h10-12H,4-9H2,1-3H3,(H,15,19)(H,17,18). The van der Waals surface area contributed by atoms with E-state index in [9.17, 15) is 9.59 Å². The number of hydrogen-bond acceptors (Lipinski definition) is 3. The molecule has 6 heteroatoms. The smallest absolute Gasteiger partial charge is 0.317 e. The topological polar surface area (TPSA) is 78.9 Å². The van der Waals surface area contributed by atoms with Gasteiger partial charge in [0.2, 0.25) is 0 Å². The van der Waals surface area contributed by atoms with Crippen LogP contribution in [-0.4, -0.2) is 54.4 Å². The molecular weight excluding hydrogens is 260 g/mol. The Kier molecular flexibility index (Phi) is 6.78. The number of nitrogens with one attached hydrogen (secondary N) is 1. The lowest BCUT2D eigenvalue weighted by molar-refractivity contribution is -0.142. The Bertz CT molecular complexity index is 331. The third kappa shape index (κ3) is 5.00. The number of nitrogens with zero attached hydrogens (tertiary/aromatic N) is 1. The first-order chi connectivity index (χ1) is 9.45. The molecule has 1 heterocycles. The Labute approximate surface area is 120 Å². The fourth-order valence-corrected chi connectivity index (χ4v) is 2.41. The van der Waals surface area contributed by atoms with Crippen molar-refractivity contribution in [3.63, 3.8) is 0 Å². The Morgan fingerprint density at radius 2 is 2.15 bits per heavy atom. The van der Waals surface area contributed by atoms with Crippen molar-refractivity contribution < 1.29 is 19.4 Å². The minimum atomic E-state index is -0.869. The molecule has 116 valence electrons. The van der Waals surface area contributed by atoms with Gasteiger partial charge in [0.05, 0.1) is 12.0 Å². The van der Waals surface area contributed by atoms with Crippen LogP contribution in [0, 0.1) is 11.8 Å². The predicted molar refractivity (Wildman–Crippen MR) is 75.6 cm³/mol. The van der Waals surface area contributed by atoms with E-state index >= 15 is 0 Å². The van der Waals surface area contributed by atoms with Gasteiger partial charge in [0.1, 0.15) is 0 Å². The van der Waals surface area contributed by atoms with Gasteiger partial charge in [-0.1, -0.05) is 13.8 Å². The van der Waals surface area contributed by atoms with Crippen LogP contribution in [0.1, 0.15) is 33.6 Å². The monoisotopic (exact) mass is 286 g/mol. The van der Waals surface area contributed by atoms with Crippen LogP contribution in [0.5, 0.6) is 0 Å². The first-order valence-electron chi connectivity index (χ1n) is 7.32. The molecule has 1 rings (SSSR count). The maximum absolute atomic E-state index is 12.1. The van der Waals surface area contributed by atoms with Gasteiger partial charge in [-0.3, -0.25) is 4.79 Å². The van der Waals surface area contributed by atoms with Crippen molar-refractivity contribution in [1.29, 1.82) is 0 Å². The SMILES string of the molecule is CCOC1CCCN(C(=O)NCC(C(=O)O)C(C)C)C1. The van der Waals surface area contributed by atoms with E-state index in [1.807, 2.05) is 20.8 Å². The van der Waals surface area contributed by atoms with Gasteiger partial charge in [-0.05, 0) is 25.7 Å². The number of piperidine rings is 1. The molecule has 1 saturated heterocycles. The van der Waals surface area contributed by atoms with E-state index in [1.165, 1.54) is 0 Å². The van der Waals surface area contributed by atoms with Crippen molar-refractivity contribution >= 4 is 12.0 Å². The van der Waals surface area contributed by atoms with Gasteiger partial charge in [-0.15, -0.1) is 0 Å². The summed E-state index contributed by atoms with van der Waals surface area (Å²) >= 11 is 0. The van der Waals surface area contributed by atoms with Crippen LogP contribution in [0.25, 0.3) is 0 Å². The fourth-order valence-electron chi connectivity index (χ4n) is 2.41. The Morgan fingerprint density at radius 3 is 2.70 bits per heavy atom. The number of likely N-dealkylation sites (tertiary alicyclic amines) is 1. The molecule has 6 nitrogen and oxygen atoms in total. The molecule has 0 aromatic heterocycles. The van der Waals surface area contributed by atoms with Gasteiger partial charge in [-0.25, -0.2) is 4.79 Å². The number of aliphatic carboxylic acids is 1. The van der Waals surface area contributed by atoms with Gasteiger partial charge in [-0.2, -0.15) is 0 Å². The minimum absolute atomic E-state index is 0.00895. The van der Waals surface area contributed by atoms with Crippen molar-refractivity contribution in [3.05, 3.63) is 0 Å². The van der Waals surface area contributed by atoms with E-state index in [-0.39, 0.29) is 24.6 Å². The van der Waals surface area contributed by atoms with Crippen LogP contribution in [-0.2, 0) is 9.53 Å². The highest BCUT2D eigenvalue weighted by atomic mass is 16.5. The summed E-state index contributed by atoms with van der Waals surface area (Å²) in [4.78, 5) is 24.9. The zero-order valence-electron chi connectivity index (χ0n) is 12.6. The van der Waals surface area contributed by atoms with Crippen molar-refractivity contribution in [2.75, 3.05) is 26.2 Å². The molecule has 1 aliphatic rings. The van der Waals surface area contributed by atoms with Crippen LogP contribution < -0.4 is 5.32 Å². The van der Waals surface area contributed by atoms with E-state index in [2.05, 4.69) is 5.32 Å². The molecule has 0 radical (unpaired) electrons. The third-order valence-electron chi connectivity index (χ3n) is 3.66. The average molecular weight is 286 g/mol. The molecule has 1 fully saturated rings. The maximum atomic E-state index is 12.1. The molecule has 2 N–H and O–H groups in total. The quantitative estimate of drug-likeness (QED) is 0.776. The predicted octanol–water partition coefficient (Wildman–Crippen LogP) is 1.55. The summed E-state index contributed by atoms with van der Waals surface area (Å²) in [6.07, 6.45) is 1.99. The molecule has 2 atom stereocenters. The molecule has 0 aromatic rings. The number of ether oxygens (including phenoxy) is 1. The summed E-state index contributed by atoms with van der Waals surface area (Å²) in [7, 11) is 0. The van der Waals surface area contributed by atoms with E-state index in [4.69, 9.17) is 9.84 Å². The normalized spacial score (nSPS) is 20.8. The second kappa shape index (κ2) is 8.09. The summed E-state index contributed by atoms with van der Waals surface area (Å²) in [5, 5.41) is 11.8. The third-order valence-corrected chi connectivity index (χ3v) is 3.66. The lowest BCUT2D eigenvalue weighted by Crippen LogP contribution is -2.49. The number of hydrogen-bond donors (Lipinski definition) is 2. The summed E-state index contributed by atoms with van der Waals surface area (Å²) in [5.41, 5.74) is 0. The maximum Gasteiger partial charge on any atom is 0.317 e. The Hall–Kier alpha value is -1.30. The molecule has 20 heavy (non-hydrogen) atoms. The second-order valence-corrected chi connectivity index (χ2v) is 5.54. The summed E-state index contributed by atoms with van der Waals surface area (Å²) in [6.45, 7) is 7.73. The van der Waals surface area contributed by atoms with Gasteiger partial charge in [0.25, 0.3) is 0 Å². The molecule has 0 aliphatic carbocycles. The zero-order chi connectivity index (χ0) is 15.1. The number of carboxylic acids is 1. The van der Waals surface area contributed by atoms with E-state index in [0.717, 1.165) is 12.8 Å². The molecule has 0 aromatic carbocycles. The minimum Gasteiger partial charge on any atom is -0.481 e. The van der Waals surface area contributed by atoms with Gasteiger partial charge >= 0.3 is 12.0 Å². The van der Waals surface area contributed by atoms with Crippen LogP contribution in [0.4, 0.5) is 4.79 Å². The van der Waals surface area contributed by atoms with Crippen LogP contribution in [0.3, 0.4) is 0 Å². The van der Waals surface area contributed by atoms with Gasteiger partial charge in [0, 0.05) is 26.2 Å². The van der Waals surface area contributed by atoms with Crippen molar-refractivity contribution in [2.45, 2.75) is 39.7 Å². The highest BCUT2D eigenvalue weighted by Crippen LogP contribution is 2.14. The number of urea groups is 1.